The van der Waals surface area contributed by atoms with Crippen molar-refractivity contribution < 1.29 is 40.6 Å². The summed E-state index contributed by atoms with van der Waals surface area (Å²) in [5.74, 6) is -0.0402. The van der Waals surface area contributed by atoms with Gasteiger partial charge in [-0.25, -0.2) is 0 Å². The van der Waals surface area contributed by atoms with Gasteiger partial charge in [-0.05, 0) is 80.5 Å². The van der Waals surface area contributed by atoms with Crippen LogP contribution in [-0.2, 0) is 18.9 Å². The minimum absolute atomic E-state index is 0.0485. The van der Waals surface area contributed by atoms with Crippen LogP contribution in [0.5, 0.6) is 11.5 Å². The van der Waals surface area contributed by atoms with Gasteiger partial charge in [-0.15, -0.1) is 0 Å². The number of rotatable bonds is 3. The maximum Gasteiger partial charge on any atom is 0.416 e. The third-order valence-corrected chi connectivity index (χ3v) is 5.52. The average molecular weight is 515 g/mol. The fourth-order valence-corrected chi connectivity index (χ4v) is 3.64. The molecule has 10 heteroatoms. The van der Waals surface area contributed by atoms with E-state index >= 15 is 0 Å². The number of fused-ring (bicyclic) bond motifs is 12. The highest BCUT2D eigenvalue weighted by molar-refractivity contribution is 5.97. The molecule has 0 saturated carbocycles. The van der Waals surface area contributed by atoms with Gasteiger partial charge in [-0.1, -0.05) is 12.2 Å². The first-order valence-electron chi connectivity index (χ1n) is 11.7. The first-order chi connectivity index (χ1) is 17.0. The minimum atomic E-state index is -4.97. The molecule has 2 aliphatic heterocycles. The highest BCUT2D eigenvalue weighted by atomic mass is 19.4. The summed E-state index contributed by atoms with van der Waals surface area (Å²) in [6.45, 7) is 0.235. The van der Waals surface area contributed by atoms with Gasteiger partial charge < -0.3 is 14.8 Å². The number of hydrogen-bond acceptors (Lipinski definition) is 3. The number of carbonyl (C=O) groups is 1. The van der Waals surface area contributed by atoms with Crippen molar-refractivity contribution in [2.45, 2.75) is 57.4 Å². The largest absolute Gasteiger partial charge is 0.494 e. The average Bonchev–Trinajstić information content (AvgIpc) is 2.81. The van der Waals surface area contributed by atoms with E-state index in [4.69, 9.17) is 9.47 Å². The fourth-order valence-electron chi connectivity index (χ4n) is 3.64. The number of carbonyl (C=O) groups excluding carboxylic acids is 1. The molecule has 4 nitrogen and oxygen atoms in total. The van der Waals surface area contributed by atoms with Gasteiger partial charge in [-0.2, -0.15) is 26.3 Å². The number of allylic oxidation sites excluding steroid dienone is 2. The maximum atomic E-state index is 13.1. The lowest BCUT2D eigenvalue weighted by Crippen LogP contribution is -2.24. The number of hydrogen-bond donors (Lipinski definition) is 1. The van der Waals surface area contributed by atoms with Crippen LogP contribution in [0, 0.1) is 0 Å². The van der Waals surface area contributed by atoms with Crippen LogP contribution in [0.3, 0.4) is 0 Å². The number of benzene rings is 2. The maximum absolute atomic E-state index is 13.1. The lowest BCUT2D eigenvalue weighted by Gasteiger charge is -2.16. The molecule has 1 amide bonds. The number of amides is 1. The second kappa shape index (κ2) is 12.2. The Bertz CT molecular complexity index is 1030. The molecule has 196 valence electrons. The number of ether oxygens (including phenoxy) is 2. The van der Waals surface area contributed by atoms with Crippen LogP contribution in [0.1, 0.15) is 65.6 Å². The normalized spacial score (nSPS) is 16.6. The molecule has 0 unspecified atom stereocenters. The number of alkyl halides is 6. The van der Waals surface area contributed by atoms with E-state index in [-0.39, 0.29) is 22.9 Å². The van der Waals surface area contributed by atoms with Gasteiger partial charge in [0.25, 0.3) is 5.91 Å². The molecule has 0 fully saturated rings. The summed E-state index contributed by atoms with van der Waals surface area (Å²) in [6, 6.07) is 5.91. The van der Waals surface area contributed by atoms with E-state index in [1.54, 1.807) is 12.1 Å². The van der Waals surface area contributed by atoms with E-state index in [1.807, 2.05) is 0 Å². The first kappa shape index (κ1) is 27.4. The lowest BCUT2D eigenvalue weighted by atomic mass is 10.0. The summed E-state index contributed by atoms with van der Waals surface area (Å²) in [7, 11) is 0. The van der Waals surface area contributed by atoms with Crippen LogP contribution in [-0.4, -0.2) is 19.1 Å². The van der Waals surface area contributed by atoms with Gasteiger partial charge in [-0.3, -0.25) is 4.79 Å². The molecular formula is C26H27F6NO3. The molecular weight excluding hydrogens is 488 g/mol. The van der Waals surface area contributed by atoms with E-state index in [0.29, 0.717) is 31.1 Å². The Balaban J connectivity index is 1.79. The zero-order chi connectivity index (χ0) is 26.2. The Morgan fingerprint density at radius 3 is 1.94 bits per heavy atom. The second-order valence-corrected chi connectivity index (χ2v) is 8.41. The minimum Gasteiger partial charge on any atom is -0.494 e. The molecule has 0 saturated heterocycles. The van der Waals surface area contributed by atoms with Gasteiger partial charge in [0.2, 0.25) is 0 Å². The number of halogens is 6. The van der Waals surface area contributed by atoms with E-state index in [2.05, 4.69) is 17.5 Å². The fraction of sp³-hybridized carbons (Fsp3) is 0.423. The molecule has 36 heavy (non-hydrogen) atoms. The Morgan fingerprint density at radius 1 is 0.778 bits per heavy atom. The van der Waals surface area contributed by atoms with Crippen LogP contribution in [0.15, 0.2) is 48.6 Å². The van der Waals surface area contributed by atoms with Gasteiger partial charge >= 0.3 is 12.4 Å². The third kappa shape index (κ3) is 8.20. The molecule has 4 rings (SSSR count). The highest BCUT2D eigenvalue weighted by Gasteiger charge is 2.36. The highest BCUT2D eigenvalue weighted by Crippen LogP contribution is 2.36. The predicted molar refractivity (Wildman–Crippen MR) is 122 cm³/mol. The van der Waals surface area contributed by atoms with Crippen molar-refractivity contribution in [1.82, 2.24) is 5.32 Å². The Kier molecular flexibility index (Phi) is 9.28. The molecule has 0 atom stereocenters. The molecule has 2 aliphatic rings. The summed E-state index contributed by atoms with van der Waals surface area (Å²) < 4.78 is 90.3. The predicted octanol–water partition coefficient (Wildman–Crippen LogP) is 7.32. The van der Waals surface area contributed by atoms with Crippen molar-refractivity contribution in [3.63, 3.8) is 0 Å². The van der Waals surface area contributed by atoms with Crippen molar-refractivity contribution in [1.29, 1.82) is 0 Å². The summed E-state index contributed by atoms with van der Waals surface area (Å²) in [6.07, 6.45) is -0.427. The van der Waals surface area contributed by atoms with Crippen molar-refractivity contribution >= 4 is 5.91 Å². The Morgan fingerprint density at radius 2 is 1.36 bits per heavy atom. The molecule has 2 aromatic carbocycles. The van der Waals surface area contributed by atoms with E-state index in [0.717, 1.165) is 38.5 Å². The molecule has 1 N–H and O–H groups in total. The molecule has 2 bridgehead atoms. The smallest absolute Gasteiger partial charge is 0.416 e. The molecule has 0 aliphatic carbocycles. The van der Waals surface area contributed by atoms with Crippen LogP contribution in [0.2, 0.25) is 0 Å². The Labute approximate surface area is 205 Å². The summed E-state index contributed by atoms with van der Waals surface area (Å²) in [5.41, 5.74) is -3.13. The van der Waals surface area contributed by atoms with Crippen LogP contribution in [0.25, 0.3) is 0 Å². The van der Waals surface area contributed by atoms with Crippen LogP contribution < -0.4 is 14.8 Å². The van der Waals surface area contributed by atoms with Crippen LogP contribution >= 0.6 is 0 Å². The number of nitrogens with one attached hydrogen (secondary N) is 1. The molecule has 0 spiro atoms. The third-order valence-electron chi connectivity index (χ3n) is 5.52. The quantitative estimate of drug-likeness (QED) is 0.344. The molecule has 0 aromatic heterocycles. The van der Waals surface area contributed by atoms with Crippen molar-refractivity contribution in [3.8, 4) is 11.5 Å². The van der Waals surface area contributed by atoms with Gasteiger partial charge in [0.15, 0.2) is 0 Å². The van der Waals surface area contributed by atoms with Crippen molar-refractivity contribution in [2.75, 3.05) is 13.2 Å². The summed E-state index contributed by atoms with van der Waals surface area (Å²) in [4.78, 5) is 12.9. The second-order valence-electron chi connectivity index (χ2n) is 8.41. The molecule has 2 aromatic rings. The van der Waals surface area contributed by atoms with Gasteiger partial charge in [0.1, 0.15) is 11.5 Å². The Hall–Kier alpha value is -3.17. The van der Waals surface area contributed by atoms with Gasteiger partial charge in [0, 0.05) is 6.54 Å². The van der Waals surface area contributed by atoms with Crippen molar-refractivity contribution in [2.24, 2.45) is 0 Å². The zero-order valence-corrected chi connectivity index (χ0v) is 19.5. The standard InChI is InChI=1S/C26H27F6NO3/c27-25(28,29)19-13-18(14-20(15-19)26(30,31)32)17-33-24(34)22-16-21-9-10-23(22)36-12-8-6-4-2-1-3-5-7-11-35-21/h1-2,9-10,13-16H,3-8,11-12,17H2,(H,33,34)/b2-1-. The van der Waals surface area contributed by atoms with E-state index in [1.165, 1.54) is 6.07 Å². The van der Waals surface area contributed by atoms with Crippen LogP contribution in [0.4, 0.5) is 26.3 Å². The molecule has 0 radical (unpaired) electrons. The zero-order valence-electron chi connectivity index (χ0n) is 19.5. The van der Waals surface area contributed by atoms with Gasteiger partial charge in [0.05, 0.1) is 29.9 Å². The topological polar surface area (TPSA) is 47.6 Å². The summed E-state index contributed by atoms with van der Waals surface area (Å²) in [5, 5.41) is 2.41. The summed E-state index contributed by atoms with van der Waals surface area (Å²) >= 11 is 0. The first-order valence-corrected chi connectivity index (χ1v) is 11.7. The van der Waals surface area contributed by atoms with E-state index < -0.39 is 35.9 Å². The lowest BCUT2D eigenvalue weighted by molar-refractivity contribution is -0.143. The van der Waals surface area contributed by atoms with E-state index in [9.17, 15) is 31.1 Å². The monoisotopic (exact) mass is 515 g/mol. The molecule has 2 heterocycles. The SMILES string of the molecule is O=C(NCc1cc(C(F)(F)F)cc(C(F)(F)F)c1)c1cc2ccc1OCCCC/C=C\CCCCO2. The van der Waals surface area contributed by atoms with Crippen molar-refractivity contribution in [3.05, 3.63) is 70.8 Å².